The number of rotatable bonds is 4. The highest BCUT2D eigenvalue weighted by molar-refractivity contribution is 5.70. The van der Waals surface area contributed by atoms with E-state index >= 15 is 0 Å². The molecule has 0 aliphatic heterocycles. The fourth-order valence-corrected chi connectivity index (χ4v) is 2.16. The molecule has 0 heterocycles. The lowest BCUT2D eigenvalue weighted by Gasteiger charge is -2.38. The Morgan fingerprint density at radius 2 is 2.35 bits per heavy atom. The minimum atomic E-state index is -0.630. The molecular weight excluding hydrogens is 212 g/mol. The minimum absolute atomic E-state index is 0.181. The minimum Gasteiger partial charge on any atom is -0.450 e. The first-order valence-corrected chi connectivity index (χ1v) is 6.13. The molecule has 2 nitrogen and oxygen atoms in total. The van der Waals surface area contributed by atoms with Gasteiger partial charge in [-0.3, -0.25) is 4.79 Å². The number of allylic oxidation sites excluding steroid dienone is 2. The molecule has 1 rings (SSSR count). The molecule has 17 heavy (non-hydrogen) atoms. The van der Waals surface area contributed by atoms with Crippen LogP contribution in [0.1, 0.15) is 40.0 Å². The Morgan fingerprint density at radius 3 is 2.82 bits per heavy atom. The van der Waals surface area contributed by atoms with Gasteiger partial charge < -0.3 is 4.74 Å². The van der Waals surface area contributed by atoms with Crippen LogP contribution < -0.4 is 0 Å². The first-order chi connectivity index (χ1) is 7.95. The molecule has 0 saturated carbocycles. The third-order valence-electron chi connectivity index (χ3n) is 3.54. The predicted molar refractivity (Wildman–Crippen MR) is 70.6 cm³/mol. The average Bonchev–Trinajstić information content (AvgIpc) is 2.31. The maximum Gasteiger partial charge on any atom is 0.306 e. The van der Waals surface area contributed by atoms with Crippen LogP contribution in [0.5, 0.6) is 0 Å². The zero-order valence-electron chi connectivity index (χ0n) is 11.1. The van der Waals surface area contributed by atoms with Crippen molar-refractivity contribution in [1.29, 1.82) is 0 Å². The second-order valence-corrected chi connectivity index (χ2v) is 4.79. The first-order valence-electron chi connectivity index (χ1n) is 6.13. The lowest BCUT2D eigenvalue weighted by molar-refractivity contribution is -0.153. The maximum absolute atomic E-state index is 11.5. The van der Waals surface area contributed by atoms with E-state index in [4.69, 9.17) is 4.74 Å². The molecule has 0 fully saturated rings. The quantitative estimate of drug-likeness (QED) is 0.546. The molecular formula is C15H22O2. The van der Waals surface area contributed by atoms with Gasteiger partial charge in [0.05, 0.1) is 0 Å². The van der Waals surface area contributed by atoms with E-state index in [9.17, 15) is 4.79 Å². The van der Waals surface area contributed by atoms with Gasteiger partial charge in [-0.05, 0) is 37.8 Å². The van der Waals surface area contributed by atoms with Gasteiger partial charge in [0.15, 0.2) is 5.60 Å². The molecule has 94 valence electrons. The number of hydrogen-bond donors (Lipinski definition) is 0. The van der Waals surface area contributed by atoms with Gasteiger partial charge in [0, 0.05) is 12.8 Å². The monoisotopic (exact) mass is 234 g/mol. The summed E-state index contributed by atoms with van der Waals surface area (Å²) in [5, 5.41) is 0. The Balaban J connectivity index is 2.99. The largest absolute Gasteiger partial charge is 0.450 e. The second-order valence-electron chi connectivity index (χ2n) is 4.79. The smallest absolute Gasteiger partial charge is 0.306 e. The average molecular weight is 234 g/mol. The van der Waals surface area contributed by atoms with Crippen LogP contribution in [0.25, 0.3) is 0 Å². The zero-order chi connectivity index (χ0) is 13.1. The summed E-state index contributed by atoms with van der Waals surface area (Å²) in [5.74, 6) is 0.182. The van der Waals surface area contributed by atoms with Crippen molar-refractivity contribution in [2.24, 2.45) is 5.92 Å². The van der Waals surface area contributed by atoms with Gasteiger partial charge in [0.2, 0.25) is 0 Å². The van der Waals surface area contributed by atoms with Crippen molar-refractivity contribution in [3.8, 4) is 0 Å². The molecule has 0 bridgehead atoms. The molecule has 0 aromatic heterocycles. The Labute approximate surface area is 104 Å². The van der Waals surface area contributed by atoms with E-state index in [0.29, 0.717) is 12.3 Å². The van der Waals surface area contributed by atoms with E-state index in [1.165, 1.54) is 0 Å². The summed E-state index contributed by atoms with van der Waals surface area (Å²) >= 11 is 0. The highest BCUT2D eigenvalue weighted by Crippen LogP contribution is 2.39. The molecule has 0 N–H and O–H groups in total. The van der Waals surface area contributed by atoms with Gasteiger partial charge >= 0.3 is 5.97 Å². The van der Waals surface area contributed by atoms with E-state index in [1.54, 1.807) is 13.0 Å². The van der Waals surface area contributed by atoms with Gasteiger partial charge in [0.25, 0.3) is 0 Å². The standard InChI is InChI=1S/C15H22O2/c1-6-14(16)17-15(7-2)10-13(11(3)4)9-8-12(15)5/h7-8,13H,2-3,6,9-10H2,1,4-5H3/t13-,15-/m1/s1. The van der Waals surface area contributed by atoms with Gasteiger partial charge in [-0.15, -0.1) is 0 Å². The van der Waals surface area contributed by atoms with Crippen LogP contribution in [0.3, 0.4) is 0 Å². The molecule has 2 atom stereocenters. The lowest BCUT2D eigenvalue weighted by Crippen LogP contribution is -2.38. The summed E-state index contributed by atoms with van der Waals surface area (Å²) < 4.78 is 5.60. The SMILES string of the molecule is C=C[C@@]1(OC(=O)CC)C[C@H](C(=C)C)CC=C1C. The summed E-state index contributed by atoms with van der Waals surface area (Å²) in [7, 11) is 0. The predicted octanol–water partition coefficient (Wildman–Crippen LogP) is 3.80. The highest BCUT2D eigenvalue weighted by Gasteiger charge is 2.38. The Morgan fingerprint density at radius 1 is 1.71 bits per heavy atom. The first kappa shape index (κ1) is 13.8. The van der Waals surface area contributed by atoms with E-state index in [0.717, 1.165) is 24.0 Å². The summed E-state index contributed by atoms with van der Waals surface area (Å²) in [4.78, 5) is 11.5. The van der Waals surface area contributed by atoms with Crippen LogP contribution in [0.15, 0.2) is 36.5 Å². The molecule has 1 aliphatic carbocycles. The third-order valence-corrected chi connectivity index (χ3v) is 3.54. The fourth-order valence-electron chi connectivity index (χ4n) is 2.16. The van der Waals surface area contributed by atoms with Gasteiger partial charge in [-0.1, -0.05) is 31.7 Å². The molecule has 0 radical (unpaired) electrons. The van der Waals surface area contributed by atoms with E-state index in [2.05, 4.69) is 19.2 Å². The summed E-state index contributed by atoms with van der Waals surface area (Å²) in [6.45, 7) is 13.7. The van der Waals surface area contributed by atoms with Crippen LogP contribution in [0, 0.1) is 5.92 Å². The Kier molecular flexibility index (Phi) is 4.33. The van der Waals surface area contributed by atoms with Crippen molar-refractivity contribution in [3.63, 3.8) is 0 Å². The second kappa shape index (κ2) is 5.35. The molecule has 0 aromatic rings. The highest BCUT2D eigenvalue weighted by atomic mass is 16.6. The molecule has 0 amide bonds. The van der Waals surface area contributed by atoms with Crippen molar-refractivity contribution in [3.05, 3.63) is 36.5 Å². The molecule has 0 unspecified atom stereocenters. The summed E-state index contributed by atoms with van der Waals surface area (Å²) in [6, 6.07) is 0. The van der Waals surface area contributed by atoms with Gasteiger partial charge in [-0.25, -0.2) is 0 Å². The van der Waals surface area contributed by atoms with Gasteiger partial charge in [-0.2, -0.15) is 0 Å². The molecule has 0 spiro atoms. The lowest BCUT2D eigenvalue weighted by atomic mass is 9.75. The third kappa shape index (κ3) is 2.87. The fraction of sp³-hybridized carbons (Fsp3) is 0.533. The number of ether oxygens (including phenoxy) is 1. The van der Waals surface area contributed by atoms with Crippen LogP contribution in [0.2, 0.25) is 0 Å². The van der Waals surface area contributed by atoms with E-state index in [1.807, 2.05) is 13.8 Å². The number of carbonyl (C=O) groups excluding carboxylic acids is 1. The van der Waals surface area contributed by atoms with Crippen LogP contribution >= 0.6 is 0 Å². The number of carbonyl (C=O) groups is 1. The van der Waals surface area contributed by atoms with Crippen LogP contribution in [0.4, 0.5) is 0 Å². The summed E-state index contributed by atoms with van der Waals surface area (Å²) in [5.41, 5.74) is 1.58. The Bertz CT molecular complexity index is 365. The molecule has 1 aliphatic rings. The zero-order valence-corrected chi connectivity index (χ0v) is 11.1. The van der Waals surface area contributed by atoms with Crippen LogP contribution in [-0.2, 0) is 9.53 Å². The number of esters is 1. The van der Waals surface area contributed by atoms with Crippen molar-refractivity contribution in [2.75, 3.05) is 0 Å². The summed E-state index contributed by atoms with van der Waals surface area (Å²) in [6.07, 6.45) is 6.01. The molecule has 2 heteroatoms. The Hall–Kier alpha value is -1.31. The topological polar surface area (TPSA) is 26.3 Å². The van der Waals surface area contributed by atoms with E-state index in [-0.39, 0.29) is 5.97 Å². The van der Waals surface area contributed by atoms with Crippen LogP contribution in [-0.4, -0.2) is 11.6 Å². The maximum atomic E-state index is 11.5. The van der Waals surface area contributed by atoms with E-state index < -0.39 is 5.60 Å². The van der Waals surface area contributed by atoms with Crippen molar-refractivity contribution in [1.82, 2.24) is 0 Å². The van der Waals surface area contributed by atoms with Crippen molar-refractivity contribution >= 4 is 5.97 Å². The molecule has 0 aromatic carbocycles. The van der Waals surface area contributed by atoms with Crippen molar-refractivity contribution in [2.45, 2.75) is 45.6 Å². The number of hydrogen-bond acceptors (Lipinski definition) is 2. The van der Waals surface area contributed by atoms with Crippen molar-refractivity contribution < 1.29 is 9.53 Å². The normalized spacial score (nSPS) is 28.2. The van der Waals surface area contributed by atoms with Gasteiger partial charge in [0.1, 0.15) is 0 Å². The molecule has 0 saturated heterocycles.